The van der Waals surface area contributed by atoms with Crippen LogP contribution in [0.2, 0.25) is 0 Å². The van der Waals surface area contributed by atoms with Gasteiger partial charge in [-0.15, -0.1) is 0 Å². The molecule has 3 aromatic carbocycles. The van der Waals surface area contributed by atoms with Crippen molar-refractivity contribution < 1.29 is 9.84 Å². The normalized spacial score (nSPS) is 12.0. The lowest BCUT2D eigenvalue weighted by molar-refractivity contribution is 0.108. The van der Waals surface area contributed by atoms with Gasteiger partial charge in [0.2, 0.25) is 0 Å². The molecule has 4 rings (SSSR count). The van der Waals surface area contributed by atoms with E-state index < -0.39 is 6.10 Å². The molecule has 1 N–H and O–H groups in total. The van der Waals surface area contributed by atoms with Crippen LogP contribution in [-0.2, 0) is 6.42 Å². The van der Waals surface area contributed by atoms with Gasteiger partial charge in [0.15, 0.2) is 0 Å². The van der Waals surface area contributed by atoms with Gasteiger partial charge in [-0.1, -0.05) is 66.7 Å². The molecular formula is C24H21NO2. The number of rotatable bonds is 6. The highest BCUT2D eigenvalue weighted by atomic mass is 16.5. The molecule has 0 amide bonds. The number of pyridine rings is 1. The first-order valence-electron chi connectivity index (χ1n) is 9.09. The van der Waals surface area contributed by atoms with Gasteiger partial charge in [-0.3, -0.25) is 4.98 Å². The van der Waals surface area contributed by atoms with Gasteiger partial charge in [0.05, 0.1) is 11.8 Å². The van der Waals surface area contributed by atoms with E-state index in [0.717, 1.165) is 33.3 Å². The summed E-state index contributed by atoms with van der Waals surface area (Å²) >= 11 is 0. The van der Waals surface area contributed by atoms with Crippen LogP contribution in [0.25, 0.3) is 22.0 Å². The molecule has 3 heteroatoms. The second kappa shape index (κ2) is 8.02. The van der Waals surface area contributed by atoms with Crippen molar-refractivity contribution in [1.29, 1.82) is 0 Å². The molecule has 0 aliphatic rings. The van der Waals surface area contributed by atoms with E-state index in [2.05, 4.69) is 23.2 Å². The Kier molecular flexibility index (Phi) is 5.13. The molecule has 0 saturated heterocycles. The quantitative estimate of drug-likeness (QED) is 0.536. The van der Waals surface area contributed by atoms with Gasteiger partial charge in [-0.25, -0.2) is 0 Å². The first kappa shape index (κ1) is 17.3. The SMILES string of the molecule is OC(COc1ccccc1)Cc1ccccc1-c1nccc2ccccc12. The number of hydrogen-bond acceptors (Lipinski definition) is 3. The number of fused-ring (bicyclic) bond motifs is 1. The topological polar surface area (TPSA) is 42.4 Å². The maximum absolute atomic E-state index is 10.5. The van der Waals surface area contributed by atoms with Crippen LogP contribution >= 0.6 is 0 Å². The number of para-hydroxylation sites is 1. The molecule has 1 aromatic heterocycles. The molecule has 3 nitrogen and oxygen atoms in total. The molecular weight excluding hydrogens is 334 g/mol. The number of nitrogens with zero attached hydrogens (tertiary/aromatic N) is 1. The molecule has 134 valence electrons. The molecule has 1 heterocycles. The summed E-state index contributed by atoms with van der Waals surface area (Å²) in [7, 11) is 0. The summed E-state index contributed by atoms with van der Waals surface area (Å²) in [6, 6.07) is 27.9. The average Bonchev–Trinajstić information content (AvgIpc) is 2.73. The molecule has 0 radical (unpaired) electrons. The lowest BCUT2D eigenvalue weighted by Crippen LogP contribution is -2.20. The van der Waals surface area contributed by atoms with Crippen molar-refractivity contribution in [2.75, 3.05) is 6.61 Å². The van der Waals surface area contributed by atoms with Crippen molar-refractivity contribution in [2.45, 2.75) is 12.5 Å². The summed E-state index contributed by atoms with van der Waals surface area (Å²) in [6.45, 7) is 0.251. The van der Waals surface area contributed by atoms with Crippen LogP contribution in [0.3, 0.4) is 0 Å². The van der Waals surface area contributed by atoms with Gasteiger partial charge in [0.25, 0.3) is 0 Å². The zero-order chi connectivity index (χ0) is 18.5. The van der Waals surface area contributed by atoms with Gasteiger partial charge in [-0.05, 0) is 29.1 Å². The van der Waals surface area contributed by atoms with E-state index in [1.165, 1.54) is 0 Å². The van der Waals surface area contributed by atoms with Crippen LogP contribution < -0.4 is 4.74 Å². The van der Waals surface area contributed by atoms with E-state index in [1.54, 1.807) is 0 Å². The summed E-state index contributed by atoms with van der Waals surface area (Å²) in [4.78, 5) is 4.63. The van der Waals surface area contributed by atoms with E-state index in [-0.39, 0.29) is 6.61 Å². The number of hydrogen-bond donors (Lipinski definition) is 1. The fourth-order valence-corrected chi connectivity index (χ4v) is 3.29. The molecule has 0 aliphatic carbocycles. The third-order valence-corrected chi connectivity index (χ3v) is 4.59. The first-order chi connectivity index (χ1) is 13.3. The zero-order valence-corrected chi connectivity index (χ0v) is 15.0. The second-order valence-corrected chi connectivity index (χ2v) is 6.52. The first-order valence-corrected chi connectivity index (χ1v) is 9.09. The van der Waals surface area contributed by atoms with Gasteiger partial charge in [0, 0.05) is 23.6 Å². The number of aliphatic hydroxyl groups is 1. The maximum Gasteiger partial charge on any atom is 0.119 e. The Bertz CT molecular complexity index is 1030. The maximum atomic E-state index is 10.5. The van der Waals surface area contributed by atoms with Crippen molar-refractivity contribution in [1.82, 2.24) is 4.98 Å². The highest BCUT2D eigenvalue weighted by molar-refractivity contribution is 5.95. The van der Waals surface area contributed by atoms with Gasteiger partial charge in [0.1, 0.15) is 12.4 Å². The standard InChI is InChI=1S/C24H21NO2/c26-20(17-27-21-10-2-1-3-11-21)16-19-9-5-7-13-23(19)24-22-12-6-4-8-18(22)14-15-25-24/h1-15,20,26H,16-17H2. The van der Waals surface area contributed by atoms with Crippen molar-refractivity contribution >= 4 is 10.8 Å². The van der Waals surface area contributed by atoms with Crippen LogP contribution in [0.4, 0.5) is 0 Å². The monoisotopic (exact) mass is 355 g/mol. The molecule has 4 aromatic rings. The van der Waals surface area contributed by atoms with Gasteiger partial charge in [-0.2, -0.15) is 0 Å². The lowest BCUT2D eigenvalue weighted by Gasteiger charge is -2.16. The molecule has 0 saturated carbocycles. The van der Waals surface area contributed by atoms with E-state index >= 15 is 0 Å². The van der Waals surface area contributed by atoms with E-state index in [9.17, 15) is 5.11 Å². The van der Waals surface area contributed by atoms with Gasteiger partial charge >= 0.3 is 0 Å². The Hall–Kier alpha value is -3.17. The zero-order valence-electron chi connectivity index (χ0n) is 15.0. The Morgan fingerprint density at radius 2 is 1.56 bits per heavy atom. The third-order valence-electron chi connectivity index (χ3n) is 4.59. The number of aliphatic hydroxyl groups excluding tert-OH is 1. The molecule has 0 aliphatic heterocycles. The molecule has 0 bridgehead atoms. The lowest BCUT2D eigenvalue weighted by atomic mass is 9.96. The van der Waals surface area contributed by atoms with E-state index in [4.69, 9.17) is 4.74 Å². The Balaban J connectivity index is 1.58. The Morgan fingerprint density at radius 3 is 2.44 bits per heavy atom. The third kappa shape index (κ3) is 3.99. The number of benzene rings is 3. The highest BCUT2D eigenvalue weighted by Gasteiger charge is 2.13. The van der Waals surface area contributed by atoms with E-state index in [1.807, 2.05) is 72.9 Å². The van der Waals surface area contributed by atoms with Crippen LogP contribution in [-0.4, -0.2) is 22.8 Å². The molecule has 27 heavy (non-hydrogen) atoms. The number of ether oxygens (including phenoxy) is 1. The largest absolute Gasteiger partial charge is 0.491 e. The Morgan fingerprint density at radius 1 is 0.815 bits per heavy atom. The van der Waals surface area contributed by atoms with Crippen LogP contribution in [0.5, 0.6) is 5.75 Å². The number of aromatic nitrogens is 1. The van der Waals surface area contributed by atoms with Crippen LogP contribution in [0.15, 0.2) is 91.1 Å². The summed E-state index contributed by atoms with van der Waals surface area (Å²) in [6.07, 6.45) is 1.75. The Labute approximate surface area is 158 Å². The van der Waals surface area contributed by atoms with Crippen molar-refractivity contribution in [3.05, 3.63) is 96.7 Å². The average molecular weight is 355 g/mol. The van der Waals surface area contributed by atoms with Crippen LogP contribution in [0, 0.1) is 0 Å². The molecule has 1 atom stereocenters. The summed E-state index contributed by atoms with van der Waals surface area (Å²) in [5.74, 6) is 0.764. The van der Waals surface area contributed by atoms with Crippen LogP contribution in [0.1, 0.15) is 5.56 Å². The van der Waals surface area contributed by atoms with Crippen molar-refractivity contribution in [3.8, 4) is 17.0 Å². The summed E-state index contributed by atoms with van der Waals surface area (Å²) in [5.41, 5.74) is 3.05. The minimum absolute atomic E-state index is 0.251. The fourth-order valence-electron chi connectivity index (χ4n) is 3.29. The predicted octanol–water partition coefficient (Wildman–Crippen LogP) is 4.88. The minimum Gasteiger partial charge on any atom is -0.491 e. The molecule has 0 spiro atoms. The second-order valence-electron chi connectivity index (χ2n) is 6.52. The predicted molar refractivity (Wildman–Crippen MR) is 109 cm³/mol. The van der Waals surface area contributed by atoms with Crippen molar-refractivity contribution in [3.63, 3.8) is 0 Å². The molecule has 1 unspecified atom stereocenters. The van der Waals surface area contributed by atoms with Gasteiger partial charge < -0.3 is 9.84 Å². The summed E-state index contributed by atoms with van der Waals surface area (Å²) < 4.78 is 5.69. The summed E-state index contributed by atoms with van der Waals surface area (Å²) in [5, 5.41) is 12.8. The highest BCUT2D eigenvalue weighted by Crippen LogP contribution is 2.29. The van der Waals surface area contributed by atoms with Crippen molar-refractivity contribution in [2.24, 2.45) is 0 Å². The fraction of sp³-hybridized carbons (Fsp3) is 0.125. The molecule has 0 fully saturated rings. The minimum atomic E-state index is -0.596. The van der Waals surface area contributed by atoms with E-state index in [0.29, 0.717) is 6.42 Å². The smallest absolute Gasteiger partial charge is 0.119 e.